The summed E-state index contributed by atoms with van der Waals surface area (Å²) < 4.78 is 52.3. The van der Waals surface area contributed by atoms with Crippen LogP contribution < -0.4 is 0 Å². The standard InChI is InChI=1S/C15H14F4O2.ClH/c1-14(2)11(12(14)13(20)21)7-10(15(17,18)19)8-3-5-9(16)6-4-8;/h3-7,11-12H,1-2H3,(H,20,21);1H. The molecular formula is C15H15ClF4O2. The van der Waals surface area contributed by atoms with E-state index in [0.717, 1.165) is 30.3 Å². The van der Waals surface area contributed by atoms with E-state index in [2.05, 4.69) is 0 Å². The van der Waals surface area contributed by atoms with Crippen LogP contribution >= 0.6 is 12.4 Å². The summed E-state index contributed by atoms with van der Waals surface area (Å²) in [6.45, 7) is 3.23. The maximum absolute atomic E-state index is 13.2. The van der Waals surface area contributed by atoms with Gasteiger partial charge < -0.3 is 5.11 Å². The number of benzene rings is 1. The van der Waals surface area contributed by atoms with Gasteiger partial charge in [0.05, 0.1) is 11.5 Å². The maximum atomic E-state index is 13.2. The van der Waals surface area contributed by atoms with Crippen molar-refractivity contribution >= 4 is 23.9 Å². The van der Waals surface area contributed by atoms with Crippen molar-refractivity contribution in [2.75, 3.05) is 0 Å². The molecule has 2 atom stereocenters. The second-order valence-electron chi connectivity index (χ2n) is 5.75. The topological polar surface area (TPSA) is 37.3 Å². The highest BCUT2D eigenvalue weighted by atomic mass is 35.5. The first-order chi connectivity index (χ1) is 9.55. The number of carboxylic acid groups (broad SMARTS) is 1. The molecule has 0 heterocycles. The number of rotatable bonds is 3. The molecule has 1 aliphatic rings. The molecule has 1 N–H and O–H groups in total. The predicted octanol–water partition coefficient (Wildman–Crippen LogP) is 4.55. The summed E-state index contributed by atoms with van der Waals surface area (Å²) in [5, 5.41) is 9.02. The molecular weight excluding hydrogens is 324 g/mol. The Morgan fingerprint density at radius 2 is 1.73 bits per heavy atom. The van der Waals surface area contributed by atoms with Crippen molar-refractivity contribution in [3.63, 3.8) is 0 Å². The molecule has 0 bridgehead atoms. The number of carbonyl (C=O) groups is 1. The van der Waals surface area contributed by atoms with Gasteiger partial charge in [0.1, 0.15) is 5.82 Å². The van der Waals surface area contributed by atoms with Crippen LogP contribution in [-0.4, -0.2) is 17.3 Å². The first kappa shape index (κ1) is 18.5. The molecule has 0 saturated heterocycles. The molecule has 0 aliphatic heterocycles. The number of hydrogen-bond donors (Lipinski definition) is 1. The zero-order chi connectivity index (χ0) is 16.0. The van der Waals surface area contributed by atoms with Crippen LogP contribution in [0.2, 0.25) is 0 Å². The second-order valence-corrected chi connectivity index (χ2v) is 5.75. The molecule has 1 saturated carbocycles. The first-order valence-corrected chi connectivity index (χ1v) is 6.33. The minimum absolute atomic E-state index is 0. The van der Waals surface area contributed by atoms with E-state index < -0.39 is 40.8 Å². The highest BCUT2D eigenvalue weighted by Crippen LogP contribution is 2.60. The summed E-state index contributed by atoms with van der Waals surface area (Å²) in [6.07, 6.45) is -3.68. The molecule has 2 rings (SSSR count). The van der Waals surface area contributed by atoms with Crippen molar-refractivity contribution in [2.24, 2.45) is 17.3 Å². The smallest absolute Gasteiger partial charge is 0.416 e. The van der Waals surface area contributed by atoms with Gasteiger partial charge in [-0.3, -0.25) is 4.79 Å². The highest BCUT2D eigenvalue weighted by Gasteiger charge is 2.61. The Morgan fingerprint density at radius 3 is 2.09 bits per heavy atom. The summed E-state index contributed by atoms with van der Waals surface area (Å²) >= 11 is 0. The van der Waals surface area contributed by atoms with Gasteiger partial charge in [-0.15, -0.1) is 12.4 Å². The fraction of sp³-hybridized carbons (Fsp3) is 0.400. The lowest BCUT2D eigenvalue weighted by Crippen LogP contribution is -2.11. The lowest BCUT2D eigenvalue weighted by Gasteiger charge is -2.12. The largest absolute Gasteiger partial charge is 0.481 e. The van der Waals surface area contributed by atoms with Gasteiger partial charge in [-0.1, -0.05) is 32.1 Å². The summed E-state index contributed by atoms with van der Waals surface area (Å²) in [7, 11) is 0. The summed E-state index contributed by atoms with van der Waals surface area (Å²) in [5.74, 6) is -3.27. The number of carboxylic acids is 1. The van der Waals surface area contributed by atoms with Crippen LogP contribution in [0.15, 0.2) is 30.3 Å². The van der Waals surface area contributed by atoms with Crippen LogP contribution in [0.3, 0.4) is 0 Å². The molecule has 2 unspecified atom stereocenters. The van der Waals surface area contributed by atoms with E-state index in [1.165, 1.54) is 0 Å². The molecule has 0 aromatic heterocycles. The fourth-order valence-corrected chi connectivity index (χ4v) is 2.62. The third kappa shape index (κ3) is 3.43. The Kier molecular flexibility index (Phi) is 4.97. The van der Waals surface area contributed by atoms with E-state index >= 15 is 0 Å². The lowest BCUT2D eigenvalue weighted by molar-refractivity contribution is -0.139. The highest BCUT2D eigenvalue weighted by molar-refractivity contribution is 5.85. The molecule has 22 heavy (non-hydrogen) atoms. The molecule has 1 fully saturated rings. The van der Waals surface area contributed by atoms with Crippen molar-refractivity contribution < 1.29 is 27.5 Å². The van der Waals surface area contributed by atoms with E-state index in [1.807, 2.05) is 0 Å². The van der Waals surface area contributed by atoms with Gasteiger partial charge in [0.15, 0.2) is 0 Å². The summed E-state index contributed by atoms with van der Waals surface area (Å²) in [6, 6.07) is 3.98. The molecule has 7 heteroatoms. The number of alkyl halides is 3. The van der Waals surface area contributed by atoms with Crippen molar-refractivity contribution in [3.8, 4) is 0 Å². The Hall–Kier alpha value is -1.56. The number of aliphatic carboxylic acids is 1. The van der Waals surface area contributed by atoms with Crippen LogP contribution in [-0.2, 0) is 4.79 Å². The van der Waals surface area contributed by atoms with Crippen LogP contribution in [0.25, 0.3) is 5.57 Å². The zero-order valence-corrected chi connectivity index (χ0v) is 12.6. The third-order valence-corrected chi connectivity index (χ3v) is 3.98. The normalized spacial score (nSPS) is 23.6. The van der Waals surface area contributed by atoms with E-state index in [9.17, 15) is 22.4 Å². The first-order valence-electron chi connectivity index (χ1n) is 6.33. The van der Waals surface area contributed by atoms with Crippen LogP contribution in [0, 0.1) is 23.1 Å². The second kappa shape index (κ2) is 5.91. The molecule has 2 nitrogen and oxygen atoms in total. The molecule has 0 amide bonds. The summed E-state index contributed by atoms with van der Waals surface area (Å²) in [4.78, 5) is 11.0. The SMILES string of the molecule is CC1(C)C(C=C(c2ccc(F)cc2)C(F)(F)F)C1C(=O)O.Cl. The Balaban J connectivity index is 0.00000242. The minimum Gasteiger partial charge on any atom is -0.481 e. The van der Waals surface area contributed by atoms with Gasteiger partial charge in [0.25, 0.3) is 0 Å². The van der Waals surface area contributed by atoms with Gasteiger partial charge in [-0.05, 0) is 29.0 Å². The van der Waals surface area contributed by atoms with E-state index in [-0.39, 0.29) is 18.0 Å². The Bertz CT molecular complexity index is 591. The number of allylic oxidation sites excluding steroid dienone is 2. The monoisotopic (exact) mass is 338 g/mol. The lowest BCUT2D eigenvalue weighted by atomic mass is 10.0. The van der Waals surface area contributed by atoms with E-state index in [1.54, 1.807) is 13.8 Å². The average Bonchev–Trinajstić information content (AvgIpc) is 2.88. The van der Waals surface area contributed by atoms with E-state index in [4.69, 9.17) is 5.11 Å². The fourth-order valence-electron chi connectivity index (χ4n) is 2.62. The minimum atomic E-state index is -4.63. The van der Waals surface area contributed by atoms with Crippen molar-refractivity contribution in [3.05, 3.63) is 41.7 Å². The Labute approximate surface area is 131 Å². The number of halogens is 5. The van der Waals surface area contributed by atoms with E-state index in [0.29, 0.717) is 0 Å². The van der Waals surface area contributed by atoms with Gasteiger partial charge in [-0.25, -0.2) is 4.39 Å². The average molecular weight is 339 g/mol. The summed E-state index contributed by atoms with van der Waals surface area (Å²) in [5.41, 5.74) is -1.82. The van der Waals surface area contributed by atoms with Gasteiger partial charge >= 0.3 is 12.1 Å². The number of hydrogen-bond acceptors (Lipinski definition) is 1. The quantitative estimate of drug-likeness (QED) is 0.821. The van der Waals surface area contributed by atoms with Gasteiger partial charge in [-0.2, -0.15) is 13.2 Å². The van der Waals surface area contributed by atoms with Crippen LogP contribution in [0.1, 0.15) is 19.4 Å². The maximum Gasteiger partial charge on any atom is 0.416 e. The zero-order valence-electron chi connectivity index (χ0n) is 11.8. The van der Waals surface area contributed by atoms with Gasteiger partial charge in [0.2, 0.25) is 0 Å². The molecule has 122 valence electrons. The van der Waals surface area contributed by atoms with Crippen LogP contribution in [0.5, 0.6) is 0 Å². The van der Waals surface area contributed by atoms with Crippen LogP contribution in [0.4, 0.5) is 17.6 Å². The molecule has 1 aromatic rings. The van der Waals surface area contributed by atoms with Gasteiger partial charge in [0, 0.05) is 0 Å². The Morgan fingerprint density at radius 1 is 1.23 bits per heavy atom. The molecule has 1 aromatic carbocycles. The van der Waals surface area contributed by atoms with Crippen molar-refractivity contribution in [2.45, 2.75) is 20.0 Å². The molecule has 0 spiro atoms. The third-order valence-electron chi connectivity index (χ3n) is 3.98. The van der Waals surface area contributed by atoms with Crippen molar-refractivity contribution in [1.82, 2.24) is 0 Å². The van der Waals surface area contributed by atoms with Crippen molar-refractivity contribution in [1.29, 1.82) is 0 Å². The predicted molar refractivity (Wildman–Crippen MR) is 76.1 cm³/mol. The molecule has 1 aliphatic carbocycles. The molecule has 0 radical (unpaired) electrons.